The summed E-state index contributed by atoms with van der Waals surface area (Å²) in [5.41, 5.74) is 5.20. The molecule has 0 radical (unpaired) electrons. The Bertz CT molecular complexity index is 342. The van der Waals surface area contributed by atoms with Crippen molar-refractivity contribution in [2.75, 3.05) is 13.1 Å². The minimum Gasteiger partial charge on any atom is -0.481 e. The molecule has 0 saturated carbocycles. The van der Waals surface area contributed by atoms with Crippen molar-refractivity contribution in [3.8, 4) is 0 Å². The van der Waals surface area contributed by atoms with Crippen molar-refractivity contribution in [2.24, 2.45) is 17.6 Å². The maximum Gasteiger partial charge on any atom is 0.303 e. The minimum absolute atomic E-state index is 0.0118. The van der Waals surface area contributed by atoms with Gasteiger partial charge >= 0.3 is 5.97 Å². The van der Waals surface area contributed by atoms with Gasteiger partial charge in [-0.05, 0) is 38.0 Å². The molecule has 1 saturated heterocycles. The number of hydrogen-bond acceptors (Lipinski definition) is 3. The van der Waals surface area contributed by atoms with Gasteiger partial charge in [0.25, 0.3) is 0 Å². The Morgan fingerprint density at radius 2 is 2.16 bits per heavy atom. The largest absolute Gasteiger partial charge is 0.481 e. The molecule has 0 aromatic rings. The molecule has 1 aliphatic rings. The third kappa shape index (κ3) is 4.20. The van der Waals surface area contributed by atoms with Gasteiger partial charge < -0.3 is 15.7 Å². The number of carbonyl (C=O) groups excluding carboxylic acids is 1. The zero-order chi connectivity index (χ0) is 14.6. The van der Waals surface area contributed by atoms with Crippen molar-refractivity contribution < 1.29 is 14.7 Å². The molecule has 3 atom stereocenters. The second-order valence-electron chi connectivity index (χ2n) is 6.00. The number of rotatable bonds is 5. The SMILES string of the molecule is CCC(C)(N)C(=O)N1CCCC(C(C)CC(=O)O)C1. The molecule has 3 N–H and O–H groups in total. The molecule has 19 heavy (non-hydrogen) atoms. The Hall–Kier alpha value is -1.10. The predicted molar refractivity (Wildman–Crippen MR) is 73.6 cm³/mol. The van der Waals surface area contributed by atoms with Crippen LogP contribution < -0.4 is 5.73 Å². The van der Waals surface area contributed by atoms with Crippen LogP contribution in [0.1, 0.15) is 46.5 Å². The van der Waals surface area contributed by atoms with E-state index in [4.69, 9.17) is 10.8 Å². The van der Waals surface area contributed by atoms with Gasteiger partial charge in [0, 0.05) is 19.5 Å². The fourth-order valence-electron chi connectivity index (χ4n) is 2.61. The van der Waals surface area contributed by atoms with E-state index in [9.17, 15) is 9.59 Å². The number of carboxylic acid groups (broad SMARTS) is 1. The highest BCUT2D eigenvalue weighted by Crippen LogP contribution is 2.27. The topological polar surface area (TPSA) is 83.6 Å². The van der Waals surface area contributed by atoms with Gasteiger partial charge in [-0.1, -0.05) is 13.8 Å². The molecule has 0 aliphatic carbocycles. The quantitative estimate of drug-likeness (QED) is 0.792. The van der Waals surface area contributed by atoms with Gasteiger partial charge in [-0.3, -0.25) is 9.59 Å². The molecule has 5 heteroatoms. The van der Waals surface area contributed by atoms with E-state index in [0.29, 0.717) is 13.0 Å². The maximum atomic E-state index is 12.3. The van der Waals surface area contributed by atoms with Crippen LogP contribution in [0.5, 0.6) is 0 Å². The predicted octanol–water partition coefficient (Wildman–Crippen LogP) is 1.46. The fraction of sp³-hybridized carbons (Fsp3) is 0.857. The number of carbonyl (C=O) groups is 2. The van der Waals surface area contributed by atoms with E-state index >= 15 is 0 Å². The first-order valence-electron chi connectivity index (χ1n) is 7.08. The lowest BCUT2D eigenvalue weighted by molar-refractivity contribution is -0.140. The monoisotopic (exact) mass is 270 g/mol. The summed E-state index contributed by atoms with van der Waals surface area (Å²) in [7, 11) is 0. The summed E-state index contributed by atoms with van der Waals surface area (Å²) >= 11 is 0. The maximum absolute atomic E-state index is 12.3. The summed E-state index contributed by atoms with van der Waals surface area (Å²) in [6.07, 6.45) is 2.70. The minimum atomic E-state index is -0.808. The Kier molecular flexibility index (Phi) is 5.35. The molecule has 1 fully saturated rings. The van der Waals surface area contributed by atoms with Crippen molar-refractivity contribution in [1.29, 1.82) is 0 Å². The number of nitrogens with zero attached hydrogens (tertiary/aromatic N) is 1. The highest BCUT2D eigenvalue weighted by molar-refractivity contribution is 5.85. The zero-order valence-electron chi connectivity index (χ0n) is 12.2. The van der Waals surface area contributed by atoms with E-state index in [-0.39, 0.29) is 24.2 Å². The Morgan fingerprint density at radius 1 is 1.53 bits per heavy atom. The molecule has 1 amide bonds. The summed E-state index contributed by atoms with van der Waals surface area (Å²) in [6.45, 7) is 7.00. The molecule has 0 bridgehead atoms. The highest BCUT2D eigenvalue weighted by atomic mass is 16.4. The van der Waals surface area contributed by atoms with Crippen molar-refractivity contribution >= 4 is 11.9 Å². The fourth-order valence-corrected chi connectivity index (χ4v) is 2.61. The Balaban J connectivity index is 2.64. The number of aliphatic carboxylic acids is 1. The molecular weight excluding hydrogens is 244 g/mol. The third-order valence-corrected chi connectivity index (χ3v) is 4.27. The first-order chi connectivity index (χ1) is 8.77. The van der Waals surface area contributed by atoms with Crippen LogP contribution in [0.3, 0.4) is 0 Å². The average molecular weight is 270 g/mol. The molecule has 3 unspecified atom stereocenters. The van der Waals surface area contributed by atoms with Crippen molar-refractivity contribution in [3.63, 3.8) is 0 Å². The molecular formula is C14H26N2O3. The van der Waals surface area contributed by atoms with Crippen LogP contribution in [0.2, 0.25) is 0 Å². The Morgan fingerprint density at radius 3 is 2.68 bits per heavy atom. The van der Waals surface area contributed by atoms with Gasteiger partial charge in [-0.25, -0.2) is 0 Å². The van der Waals surface area contributed by atoms with Crippen LogP contribution >= 0.6 is 0 Å². The zero-order valence-corrected chi connectivity index (χ0v) is 12.2. The summed E-state index contributed by atoms with van der Waals surface area (Å²) in [5, 5.41) is 8.86. The van der Waals surface area contributed by atoms with Gasteiger partial charge in [-0.2, -0.15) is 0 Å². The van der Waals surface area contributed by atoms with E-state index in [1.54, 1.807) is 6.92 Å². The van der Waals surface area contributed by atoms with Crippen LogP contribution in [0.4, 0.5) is 0 Å². The van der Waals surface area contributed by atoms with Crippen LogP contribution in [-0.4, -0.2) is 40.5 Å². The van der Waals surface area contributed by atoms with E-state index in [1.165, 1.54) is 0 Å². The van der Waals surface area contributed by atoms with Crippen LogP contribution in [0, 0.1) is 11.8 Å². The first kappa shape index (κ1) is 16.0. The normalized spacial score (nSPS) is 24.6. The number of carboxylic acids is 1. The van der Waals surface area contributed by atoms with Gasteiger partial charge in [0.15, 0.2) is 0 Å². The summed E-state index contributed by atoms with van der Waals surface area (Å²) in [4.78, 5) is 24.9. The van der Waals surface area contributed by atoms with E-state index in [2.05, 4.69) is 0 Å². The molecule has 5 nitrogen and oxygen atoms in total. The van der Waals surface area contributed by atoms with Crippen molar-refractivity contribution in [3.05, 3.63) is 0 Å². The number of likely N-dealkylation sites (tertiary alicyclic amines) is 1. The van der Waals surface area contributed by atoms with Crippen LogP contribution in [-0.2, 0) is 9.59 Å². The standard InChI is InChI=1S/C14H26N2O3/c1-4-14(3,15)13(19)16-7-5-6-11(9-16)10(2)8-12(17)18/h10-11H,4-9,15H2,1-3H3,(H,17,18). The molecule has 0 spiro atoms. The van der Waals surface area contributed by atoms with Gasteiger partial charge in [-0.15, -0.1) is 0 Å². The lowest BCUT2D eigenvalue weighted by atomic mass is 9.84. The number of nitrogens with two attached hydrogens (primary N) is 1. The summed E-state index contributed by atoms with van der Waals surface area (Å²) < 4.78 is 0. The number of hydrogen-bond donors (Lipinski definition) is 2. The van der Waals surface area contributed by atoms with E-state index < -0.39 is 11.5 Å². The molecule has 1 heterocycles. The number of amides is 1. The van der Waals surface area contributed by atoms with Gasteiger partial charge in [0.05, 0.1) is 5.54 Å². The van der Waals surface area contributed by atoms with E-state index in [0.717, 1.165) is 19.4 Å². The third-order valence-electron chi connectivity index (χ3n) is 4.27. The lowest BCUT2D eigenvalue weighted by Gasteiger charge is -2.39. The highest BCUT2D eigenvalue weighted by Gasteiger charge is 2.35. The second kappa shape index (κ2) is 6.37. The second-order valence-corrected chi connectivity index (χ2v) is 6.00. The molecule has 1 rings (SSSR count). The molecule has 1 aliphatic heterocycles. The summed E-state index contributed by atoms with van der Waals surface area (Å²) in [6, 6.07) is 0. The Labute approximate surface area is 115 Å². The average Bonchev–Trinajstić information content (AvgIpc) is 2.37. The van der Waals surface area contributed by atoms with Crippen molar-refractivity contribution in [1.82, 2.24) is 4.90 Å². The van der Waals surface area contributed by atoms with Crippen LogP contribution in [0.25, 0.3) is 0 Å². The molecule has 0 aromatic heterocycles. The summed E-state index contributed by atoms with van der Waals surface area (Å²) in [5.74, 6) is -0.421. The van der Waals surface area contributed by atoms with Gasteiger partial charge in [0.2, 0.25) is 5.91 Å². The smallest absolute Gasteiger partial charge is 0.303 e. The van der Waals surface area contributed by atoms with E-state index in [1.807, 2.05) is 18.7 Å². The molecule has 0 aromatic carbocycles. The van der Waals surface area contributed by atoms with Crippen LogP contribution in [0.15, 0.2) is 0 Å². The number of piperidine rings is 1. The van der Waals surface area contributed by atoms with Gasteiger partial charge in [0.1, 0.15) is 0 Å². The van der Waals surface area contributed by atoms with Crippen molar-refractivity contribution in [2.45, 2.75) is 52.0 Å². The molecule has 110 valence electrons. The lowest BCUT2D eigenvalue weighted by Crippen LogP contribution is -2.55. The first-order valence-corrected chi connectivity index (χ1v) is 7.08.